The number of phenolic OH excluding ortho intramolecular Hbond substituents is 1. The van der Waals surface area contributed by atoms with Gasteiger partial charge in [-0.1, -0.05) is 0 Å². The van der Waals surface area contributed by atoms with E-state index in [0.717, 1.165) is 43.4 Å². The summed E-state index contributed by atoms with van der Waals surface area (Å²) in [6.07, 6.45) is 3.94. The van der Waals surface area contributed by atoms with Gasteiger partial charge in [0, 0.05) is 24.3 Å². The van der Waals surface area contributed by atoms with E-state index in [4.69, 9.17) is 4.74 Å². The molecule has 1 aromatic carbocycles. The largest absolute Gasteiger partial charge is 0.505 e. The topological polar surface area (TPSA) is 62.7 Å². The van der Waals surface area contributed by atoms with Gasteiger partial charge in [0.25, 0.3) is 0 Å². The second-order valence-electron chi connectivity index (χ2n) is 7.65. The van der Waals surface area contributed by atoms with Gasteiger partial charge in [-0.25, -0.2) is 4.39 Å². The Morgan fingerprint density at radius 1 is 1.26 bits per heavy atom. The van der Waals surface area contributed by atoms with E-state index in [9.17, 15) is 14.3 Å². The molecule has 1 saturated carbocycles. The van der Waals surface area contributed by atoms with Crippen LogP contribution in [0.25, 0.3) is 0 Å². The van der Waals surface area contributed by atoms with Crippen LogP contribution in [0.1, 0.15) is 28.9 Å². The smallest absolute Gasteiger partial charge is 0.176 e. The molecule has 1 saturated heterocycles. The van der Waals surface area contributed by atoms with Crippen LogP contribution >= 0.6 is 0 Å². The highest BCUT2D eigenvalue weighted by atomic mass is 19.1. The minimum Gasteiger partial charge on any atom is -0.505 e. The first-order chi connectivity index (χ1) is 13.0. The van der Waals surface area contributed by atoms with Crippen LogP contribution in [0.5, 0.6) is 11.5 Å². The third-order valence-electron chi connectivity index (χ3n) is 5.61. The number of carbonyl (C=O) groups is 1. The van der Waals surface area contributed by atoms with E-state index in [-0.39, 0.29) is 18.4 Å². The molecule has 27 heavy (non-hydrogen) atoms. The Kier molecular flexibility index (Phi) is 4.83. The number of halogens is 1. The van der Waals surface area contributed by atoms with Crippen molar-refractivity contribution < 1.29 is 19.0 Å². The average Bonchev–Trinajstić information content (AvgIpc) is 3.17. The molecule has 0 amide bonds. The van der Waals surface area contributed by atoms with E-state index in [0.29, 0.717) is 17.4 Å². The number of pyridine rings is 1. The van der Waals surface area contributed by atoms with Crippen molar-refractivity contribution in [2.75, 3.05) is 19.6 Å². The second-order valence-corrected chi connectivity index (χ2v) is 7.65. The summed E-state index contributed by atoms with van der Waals surface area (Å²) in [5.41, 5.74) is 1.27. The molecule has 5 nitrogen and oxygen atoms in total. The summed E-state index contributed by atoms with van der Waals surface area (Å²) >= 11 is 0. The number of aryl methyl sites for hydroxylation is 1. The fraction of sp³-hybridized carbons (Fsp3) is 0.429. The lowest BCUT2D eigenvalue weighted by atomic mass is 10.0. The van der Waals surface area contributed by atoms with Gasteiger partial charge in [-0.3, -0.25) is 14.7 Å². The predicted molar refractivity (Wildman–Crippen MR) is 98.4 cm³/mol. The monoisotopic (exact) mass is 370 g/mol. The molecule has 6 heteroatoms. The molecular formula is C21H23FN2O3. The van der Waals surface area contributed by atoms with Gasteiger partial charge in [-0.15, -0.1) is 0 Å². The number of likely N-dealkylation sites (tertiary alicyclic amines) is 1. The molecule has 0 spiro atoms. The van der Waals surface area contributed by atoms with Gasteiger partial charge >= 0.3 is 0 Å². The highest BCUT2D eigenvalue weighted by molar-refractivity contribution is 5.97. The quantitative estimate of drug-likeness (QED) is 0.819. The van der Waals surface area contributed by atoms with Crippen molar-refractivity contribution in [1.82, 2.24) is 9.88 Å². The fourth-order valence-electron chi connectivity index (χ4n) is 4.26. The van der Waals surface area contributed by atoms with Crippen LogP contribution in [0.3, 0.4) is 0 Å². The third-order valence-corrected chi connectivity index (χ3v) is 5.61. The number of Topliss-reactive ketones (excluding diaryl/α,β-unsaturated/α-hetero) is 1. The number of hydrogen-bond donors (Lipinski definition) is 1. The molecule has 4 rings (SSSR count). The minimum absolute atomic E-state index is 0.118. The summed E-state index contributed by atoms with van der Waals surface area (Å²) in [5.74, 6) is 0.552. The first-order valence-corrected chi connectivity index (χ1v) is 9.31. The van der Waals surface area contributed by atoms with Gasteiger partial charge in [-0.05, 0) is 61.9 Å². The van der Waals surface area contributed by atoms with Gasteiger partial charge < -0.3 is 9.84 Å². The maximum absolute atomic E-state index is 13.5. The molecule has 1 N–H and O–H groups in total. The summed E-state index contributed by atoms with van der Waals surface area (Å²) < 4.78 is 19.5. The molecule has 1 aromatic heterocycles. The Balaban J connectivity index is 1.30. The number of fused-ring (bicyclic) bond motifs is 1. The molecule has 2 heterocycles. The van der Waals surface area contributed by atoms with Crippen LogP contribution in [0.15, 0.2) is 36.5 Å². The molecule has 142 valence electrons. The zero-order chi connectivity index (χ0) is 19.0. The number of ketones is 1. The van der Waals surface area contributed by atoms with Crippen LogP contribution in [-0.4, -0.2) is 46.5 Å². The molecular weight excluding hydrogens is 347 g/mol. The Labute approximate surface area is 157 Å². The Morgan fingerprint density at radius 3 is 2.63 bits per heavy atom. The lowest BCUT2D eigenvalue weighted by Gasteiger charge is -2.19. The van der Waals surface area contributed by atoms with Gasteiger partial charge in [0.05, 0.1) is 18.8 Å². The highest BCUT2D eigenvalue weighted by Gasteiger charge is 2.42. The molecule has 2 fully saturated rings. The van der Waals surface area contributed by atoms with Crippen molar-refractivity contribution in [3.05, 3.63) is 53.6 Å². The third kappa shape index (κ3) is 3.95. The zero-order valence-corrected chi connectivity index (χ0v) is 15.3. The van der Waals surface area contributed by atoms with Gasteiger partial charge in [0.2, 0.25) is 0 Å². The summed E-state index contributed by atoms with van der Waals surface area (Å²) in [5, 5.41) is 9.25. The van der Waals surface area contributed by atoms with Crippen molar-refractivity contribution in [3.63, 3.8) is 0 Å². The van der Waals surface area contributed by atoms with Crippen LogP contribution in [0.2, 0.25) is 0 Å². The lowest BCUT2D eigenvalue weighted by Crippen LogP contribution is -2.30. The minimum atomic E-state index is -0.760. The van der Waals surface area contributed by atoms with Crippen molar-refractivity contribution >= 4 is 5.78 Å². The maximum atomic E-state index is 13.5. The van der Waals surface area contributed by atoms with Gasteiger partial charge in [0.1, 0.15) is 5.75 Å². The van der Waals surface area contributed by atoms with Crippen LogP contribution in [0, 0.1) is 24.6 Å². The van der Waals surface area contributed by atoms with Gasteiger partial charge in [-0.2, -0.15) is 0 Å². The Bertz CT molecular complexity index is 826. The van der Waals surface area contributed by atoms with Crippen LogP contribution < -0.4 is 4.74 Å². The normalized spacial score (nSPS) is 24.7. The Hall–Kier alpha value is -2.47. The number of ether oxygens (including phenoxy) is 1. The lowest BCUT2D eigenvalue weighted by molar-refractivity contribution is 0.0936. The fourth-order valence-corrected chi connectivity index (χ4v) is 4.26. The first kappa shape index (κ1) is 17.9. The average molecular weight is 370 g/mol. The predicted octanol–water partition coefficient (Wildman–Crippen LogP) is 3.21. The molecule has 2 aromatic rings. The van der Waals surface area contributed by atoms with E-state index >= 15 is 0 Å². The van der Waals surface area contributed by atoms with Crippen molar-refractivity contribution in [2.24, 2.45) is 11.8 Å². The number of hydrogen-bond acceptors (Lipinski definition) is 5. The number of phenols is 1. The number of aromatic nitrogens is 1. The standard InChI is InChI=1S/C21H23FN2O3/c1-13-2-4-17(9-23-13)27-18-6-15-10-24(11-16(15)7-18)12-21(26)14-3-5-20(25)19(22)8-14/h2-5,8-9,15-16,18,25H,6-7,10-12H2,1H3/t15-,16+,18?. The molecule has 0 bridgehead atoms. The van der Waals surface area contributed by atoms with Crippen LogP contribution in [-0.2, 0) is 0 Å². The SMILES string of the molecule is Cc1ccc(OC2C[C@@H]3CN(CC(=O)c4ccc(O)c(F)c4)C[C@@H]3C2)cn1. The van der Waals surface area contributed by atoms with Crippen LogP contribution in [0.4, 0.5) is 4.39 Å². The second kappa shape index (κ2) is 7.27. The molecule has 1 aliphatic carbocycles. The van der Waals surface area contributed by atoms with E-state index in [2.05, 4.69) is 9.88 Å². The molecule has 1 unspecified atom stereocenters. The molecule has 0 radical (unpaired) electrons. The first-order valence-electron chi connectivity index (χ1n) is 9.31. The van der Waals surface area contributed by atoms with Crippen molar-refractivity contribution in [2.45, 2.75) is 25.9 Å². The number of aromatic hydroxyl groups is 1. The number of nitrogens with zero attached hydrogens (tertiary/aromatic N) is 2. The van der Waals surface area contributed by atoms with Crippen molar-refractivity contribution in [3.8, 4) is 11.5 Å². The highest BCUT2D eigenvalue weighted by Crippen LogP contribution is 2.39. The van der Waals surface area contributed by atoms with Gasteiger partial charge in [0.15, 0.2) is 17.3 Å². The molecule has 2 aliphatic rings. The van der Waals surface area contributed by atoms with Crippen molar-refractivity contribution in [1.29, 1.82) is 0 Å². The van der Waals surface area contributed by atoms with E-state index < -0.39 is 11.6 Å². The number of carbonyl (C=O) groups excluding carboxylic acids is 1. The molecule has 1 aliphatic heterocycles. The summed E-state index contributed by atoms with van der Waals surface area (Å²) in [4.78, 5) is 18.8. The maximum Gasteiger partial charge on any atom is 0.176 e. The number of benzene rings is 1. The van der Waals surface area contributed by atoms with E-state index in [1.54, 1.807) is 6.20 Å². The summed E-state index contributed by atoms with van der Waals surface area (Å²) in [6.45, 7) is 3.96. The molecule has 3 atom stereocenters. The number of rotatable bonds is 5. The Morgan fingerprint density at radius 2 is 2.00 bits per heavy atom. The van der Waals surface area contributed by atoms with E-state index in [1.165, 1.54) is 12.1 Å². The van der Waals surface area contributed by atoms with E-state index in [1.807, 2.05) is 19.1 Å². The zero-order valence-electron chi connectivity index (χ0n) is 15.3. The summed E-state index contributed by atoms with van der Waals surface area (Å²) in [6, 6.07) is 7.71. The summed E-state index contributed by atoms with van der Waals surface area (Å²) in [7, 11) is 0.